The highest BCUT2D eigenvalue weighted by molar-refractivity contribution is 7.93. The van der Waals surface area contributed by atoms with E-state index >= 15 is 0 Å². The maximum Gasteiger partial charge on any atom is 0.269 e. The first-order valence-electron chi connectivity index (χ1n) is 10.2. The number of hydrogen-bond donors (Lipinski definition) is 1. The molecule has 1 N–H and O–H groups in total. The van der Waals surface area contributed by atoms with Crippen LogP contribution in [0.3, 0.4) is 0 Å². The summed E-state index contributed by atoms with van der Waals surface area (Å²) in [4.78, 5) is 22.8. The molecule has 186 valence electrons. The quantitative estimate of drug-likeness (QED) is 0.135. The Hall–Kier alpha value is -4.35. The molecule has 3 rings (SSSR count). The Labute approximate surface area is 209 Å². The molecule has 2 aromatic carbocycles. The largest absolute Gasteiger partial charge is 0.493 e. The van der Waals surface area contributed by atoms with Gasteiger partial charge in [0.05, 0.1) is 17.8 Å². The lowest BCUT2D eigenvalue weighted by atomic mass is 10.1. The highest BCUT2D eigenvalue weighted by Gasteiger charge is 2.20. The first-order valence-corrected chi connectivity index (χ1v) is 12.7. The molecule has 0 aliphatic heterocycles. The zero-order chi connectivity index (χ0) is 26.3. The zero-order valence-corrected chi connectivity index (χ0v) is 20.6. The van der Waals surface area contributed by atoms with Crippen LogP contribution in [0.2, 0.25) is 0 Å². The standard InChI is InChI=1S/C22H19N5O7S2/c1-3-36(31,32)22-26-25-21(35-22)24-20(28)16(12-23)10-15-6-9-18(19(11-15)33-2)34-13-14-4-7-17(8-5-14)27(29)30/h4-11H,3,13H2,1-2H3,(H,24,25,28). The number of nitrogens with zero attached hydrogens (tertiary/aromatic N) is 4. The molecule has 0 bridgehead atoms. The smallest absolute Gasteiger partial charge is 0.269 e. The molecule has 0 saturated carbocycles. The normalized spacial score (nSPS) is 11.4. The minimum absolute atomic E-state index is 0.0256. The number of amides is 1. The van der Waals surface area contributed by atoms with Crippen LogP contribution in [0.1, 0.15) is 18.1 Å². The lowest BCUT2D eigenvalue weighted by molar-refractivity contribution is -0.384. The number of methoxy groups -OCH3 is 1. The molecular weight excluding hydrogens is 510 g/mol. The van der Waals surface area contributed by atoms with Crippen LogP contribution in [0.25, 0.3) is 6.08 Å². The number of ether oxygens (including phenoxy) is 2. The summed E-state index contributed by atoms with van der Waals surface area (Å²) in [6, 6.07) is 12.5. The number of rotatable bonds is 10. The number of hydrogen-bond acceptors (Lipinski definition) is 11. The molecule has 0 saturated heterocycles. The van der Waals surface area contributed by atoms with Gasteiger partial charge in [0.25, 0.3) is 11.6 Å². The number of sulfone groups is 1. The fourth-order valence-electron chi connectivity index (χ4n) is 2.76. The summed E-state index contributed by atoms with van der Waals surface area (Å²) in [6.45, 7) is 1.60. The summed E-state index contributed by atoms with van der Waals surface area (Å²) < 4.78 is 34.6. The number of non-ortho nitro benzene ring substituents is 1. The molecule has 0 spiro atoms. The van der Waals surface area contributed by atoms with E-state index < -0.39 is 20.7 Å². The Morgan fingerprint density at radius 1 is 1.22 bits per heavy atom. The third-order valence-corrected chi connectivity index (χ3v) is 7.70. The third kappa shape index (κ3) is 6.40. The van der Waals surface area contributed by atoms with Gasteiger partial charge < -0.3 is 9.47 Å². The Morgan fingerprint density at radius 2 is 1.94 bits per heavy atom. The second-order valence-electron chi connectivity index (χ2n) is 7.02. The van der Waals surface area contributed by atoms with Crippen LogP contribution >= 0.6 is 11.3 Å². The van der Waals surface area contributed by atoms with Gasteiger partial charge in [0, 0.05) is 12.1 Å². The fraction of sp³-hybridized carbons (Fsp3) is 0.182. The lowest BCUT2D eigenvalue weighted by Gasteiger charge is -2.11. The van der Waals surface area contributed by atoms with Crippen molar-refractivity contribution in [1.82, 2.24) is 10.2 Å². The number of nitriles is 1. The van der Waals surface area contributed by atoms with E-state index in [9.17, 15) is 28.6 Å². The number of nitro groups is 1. The number of nitrogens with one attached hydrogen (secondary N) is 1. The molecule has 12 nitrogen and oxygen atoms in total. The molecule has 36 heavy (non-hydrogen) atoms. The predicted octanol–water partition coefficient (Wildman–Crippen LogP) is 3.37. The highest BCUT2D eigenvalue weighted by Crippen LogP contribution is 2.30. The van der Waals surface area contributed by atoms with Crippen LogP contribution in [0.4, 0.5) is 10.8 Å². The minimum Gasteiger partial charge on any atom is -0.493 e. The average Bonchev–Trinajstić information content (AvgIpc) is 3.35. The van der Waals surface area contributed by atoms with Gasteiger partial charge in [0.1, 0.15) is 18.2 Å². The summed E-state index contributed by atoms with van der Waals surface area (Å²) in [5, 5.41) is 29.7. The number of aromatic nitrogens is 2. The molecular formula is C22H19N5O7S2. The molecule has 0 fully saturated rings. The van der Waals surface area contributed by atoms with Crippen molar-refractivity contribution < 1.29 is 27.6 Å². The van der Waals surface area contributed by atoms with Crippen LogP contribution < -0.4 is 14.8 Å². The SMILES string of the molecule is CCS(=O)(=O)c1nnc(NC(=O)C(C#N)=Cc2ccc(OCc3ccc([N+](=O)[O-])cc3)c(OC)c2)s1. The Bertz CT molecular complexity index is 1460. The van der Waals surface area contributed by atoms with E-state index in [1.165, 1.54) is 32.2 Å². The molecule has 3 aromatic rings. The second kappa shape index (κ2) is 11.4. The number of benzene rings is 2. The van der Waals surface area contributed by atoms with Gasteiger partial charge >= 0.3 is 0 Å². The monoisotopic (exact) mass is 529 g/mol. The van der Waals surface area contributed by atoms with Crippen LogP contribution in [0, 0.1) is 21.4 Å². The maximum absolute atomic E-state index is 12.5. The molecule has 0 unspecified atom stereocenters. The van der Waals surface area contributed by atoms with Gasteiger partial charge in [0.15, 0.2) is 11.5 Å². The van der Waals surface area contributed by atoms with Crippen molar-refractivity contribution in [1.29, 1.82) is 5.26 Å². The lowest BCUT2D eigenvalue weighted by Crippen LogP contribution is -2.13. The van der Waals surface area contributed by atoms with Crippen molar-refractivity contribution in [2.45, 2.75) is 17.9 Å². The van der Waals surface area contributed by atoms with Crippen LogP contribution in [-0.2, 0) is 21.2 Å². The first-order chi connectivity index (χ1) is 17.2. The van der Waals surface area contributed by atoms with E-state index in [2.05, 4.69) is 15.5 Å². The molecule has 1 aromatic heterocycles. The van der Waals surface area contributed by atoms with E-state index in [1.54, 1.807) is 36.4 Å². The number of carbonyl (C=O) groups excluding carboxylic acids is 1. The molecule has 1 heterocycles. The van der Waals surface area contributed by atoms with Crippen LogP contribution in [0.15, 0.2) is 52.4 Å². The molecule has 14 heteroatoms. The summed E-state index contributed by atoms with van der Waals surface area (Å²) in [7, 11) is -2.14. The van der Waals surface area contributed by atoms with Crippen molar-refractivity contribution in [3.05, 3.63) is 69.3 Å². The van der Waals surface area contributed by atoms with E-state index in [0.717, 1.165) is 0 Å². The molecule has 0 atom stereocenters. The number of anilines is 1. The van der Waals surface area contributed by atoms with E-state index in [-0.39, 0.29) is 33.1 Å². The van der Waals surface area contributed by atoms with Crippen molar-refractivity contribution in [2.24, 2.45) is 0 Å². The van der Waals surface area contributed by atoms with Gasteiger partial charge in [0.2, 0.25) is 19.3 Å². The van der Waals surface area contributed by atoms with E-state index in [0.29, 0.717) is 34.0 Å². The minimum atomic E-state index is -3.57. The fourth-order valence-corrected chi connectivity index (χ4v) is 4.74. The van der Waals surface area contributed by atoms with Gasteiger partial charge in [-0.2, -0.15) is 5.26 Å². The highest BCUT2D eigenvalue weighted by atomic mass is 32.2. The summed E-state index contributed by atoms with van der Waals surface area (Å²) in [5.74, 6) is -0.225. The van der Waals surface area contributed by atoms with Crippen molar-refractivity contribution in [3.63, 3.8) is 0 Å². The van der Waals surface area contributed by atoms with Gasteiger partial charge in [-0.15, -0.1) is 10.2 Å². The average molecular weight is 530 g/mol. The summed E-state index contributed by atoms with van der Waals surface area (Å²) >= 11 is 0.692. The van der Waals surface area contributed by atoms with Gasteiger partial charge in [-0.3, -0.25) is 20.2 Å². The zero-order valence-electron chi connectivity index (χ0n) is 19.0. The molecule has 0 radical (unpaired) electrons. The second-order valence-corrected chi connectivity index (χ2v) is 10.5. The third-order valence-electron chi connectivity index (χ3n) is 4.68. The van der Waals surface area contributed by atoms with Gasteiger partial charge in [-0.1, -0.05) is 24.3 Å². The van der Waals surface area contributed by atoms with Gasteiger partial charge in [-0.25, -0.2) is 8.42 Å². The number of nitro benzene ring substituents is 1. The van der Waals surface area contributed by atoms with Crippen LogP contribution in [0.5, 0.6) is 11.5 Å². The van der Waals surface area contributed by atoms with E-state index in [1.807, 2.05) is 0 Å². The molecule has 1 amide bonds. The number of carbonyl (C=O) groups is 1. The molecule has 0 aliphatic rings. The predicted molar refractivity (Wildman–Crippen MR) is 130 cm³/mol. The van der Waals surface area contributed by atoms with Gasteiger partial charge in [-0.05, 0) is 41.5 Å². The maximum atomic E-state index is 12.5. The summed E-state index contributed by atoms with van der Waals surface area (Å²) in [5.41, 5.74) is 0.892. The van der Waals surface area contributed by atoms with Crippen molar-refractivity contribution in [3.8, 4) is 17.6 Å². The summed E-state index contributed by atoms with van der Waals surface area (Å²) in [6.07, 6.45) is 1.32. The Morgan fingerprint density at radius 3 is 2.56 bits per heavy atom. The van der Waals surface area contributed by atoms with Crippen LogP contribution in [-0.4, -0.2) is 42.3 Å². The first kappa shape index (κ1) is 26.3. The van der Waals surface area contributed by atoms with Crippen molar-refractivity contribution >= 4 is 44.0 Å². The topological polar surface area (TPSA) is 174 Å². The molecule has 0 aliphatic carbocycles. The Balaban J connectivity index is 1.72. The van der Waals surface area contributed by atoms with Crippen molar-refractivity contribution in [2.75, 3.05) is 18.2 Å². The van der Waals surface area contributed by atoms with E-state index in [4.69, 9.17) is 9.47 Å². The Kier molecular flexibility index (Phi) is 8.30.